The molecule has 1 saturated heterocycles. The molecule has 0 spiro atoms. The van der Waals surface area contributed by atoms with E-state index in [-0.39, 0.29) is 23.1 Å². The number of thiophene rings is 1. The Labute approximate surface area is 175 Å². The van der Waals surface area contributed by atoms with Gasteiger partial charge in [-0.05, 0) is 55.6 Å². The lowest BCUT2D eigenvalue weighted by Gasteiger charge is -2.34. The highest BCUT2D eigenvalue weighted by Crippen LogP contribution is 2.27. The average molecular weight is 461 g/mol. The van der Waals surface area contributed by atoms with Gasteiger partial charge in [-0.2, -0.15) is 0 Å². The van der Waals surface area contributed by atoms with E-state index in [4.69, 9.17) is 4.42 Å². The first-order chi connectivity index (χ1) is 13.6. The lowest BCUT2D eigenvalue weighted by Crippen LogP contribution is -2.40. The zero-order valence-electron chi connectivity index (χ0n) is 15.3. The molecule has 0 bridgehead atoms. The summed E-state index contributed by atoms with van der Waals surface area (Å²) in [5.41, 5.74) is 0.183. The molecule has 146 valence electrons. The second-order valence-electron chi connectivity index (χ2n) is 6.95. The highest BCUT2D eigenvalue weighted by Gasteiger charge is 2.24. The third-order valence-electron chi connectivity index (χ3n) is 5.07. The predicted molar refractivity (Wildman–Crippen MR) is 115 cm³/mol. The van der Waals surface area contributed by atoms with Gasteiger partial charge >= 0.3 is 0 Å². The number of carbonyl (C=O) groups is 1. The zero-order chi connectivity index (χ0) is 19.5. The lowest BCUT2D eigenvalue weighted by molar-refractivity contribution is 0.0899. The minimum absolute atomic E-state index is 0.0409. The van der Waals surface area contributed by atoms with E-state index in [0.717, 1.165) is 17.6 Å². The first kappa shape index (κ1) is 19.4. The molecule has 1 atom stereocenters. The number of carbonyl (C=O) groups excluding carboxylic acids is 1. The monoisotopic (exact) mass is 460 g/mol. The Morgan fingerprint density at radius 2 is 2.04 bits per heavy atom. The fourth-order valence-corrected chi connectivity index (χ4v) is 4.84. The molecule has 3 aromatic rings. The lowest BCUT2D eigenvalue weighted by atomic mass is 10.1. The normalized spacial score (nSPS) is 16.2. The maximum absolute atomic E-state index is 12.7. The topological polar surface area (TPSA) is 62.6 Å². The van der Waals surface area contributed by atoms with Gasteiger partial charge in [0.05, 0.1) is 11.4 Å². The molecule has 3 heterocycles. The van der Waals surface area contributed by atoms with Gasteiger partial charge in [-0.1, -0.05) is 28.4 Å². The Hall–Kier alpha value is -1.96. The van der Waals surface area contributed by atoms with Crippen LogP contribution in [0.4, 0.5) is 0 Å². The maximum atomic E-state index is 12.7. The van der Waals surface area contributed by atoms with Crippen LogP contribution in [0.2, 0.25) is 0 Å². The van der Waals surface area contributed by atoms with Gasteiger partial charge < -0.3 is 9.73 Å². The fraction of sp³-hybridized carbons (Fsp3) is 0.333. The Morgan fingerprint density at radius 1 is 1.21 bits per heavy atom. The van der Waals surface area contributed by atoms with Crippen LogP contribution < -0.4 is 10.7 Å². The molecule has 7 heteroatoms. The van der Waals surface area contributed by atoms with Crippen molar-refractivity contribution in [2.75, 3.05) is 19.6 Å². The van der Waals surface area contributed by atoms with Crippen molar-refractivity contribution < 1.29 is 9.21 Å². The van der Waals surface area contributed by atoms with Crippen molar-refractivity contribution in [3.63, 3.8) is 0 Å². The molecule has 1 aliphatic rings. The number of benzene rings is 1. The molecule has 1 aliphatic heterocycles. The number of piperidine rings is 1. The van der Waals surface area contributed by atoms with E-state index in [0.29, 0.717) is 17.5 Å². The Bertz CT molecular complexity index is 1030. The van der Waals surface area contributed by atoms with E-state index >= 15 is 0 Å². The van der Waals surface area contributed by atoms with Gasteiger partial charge in [-0.3, -0.25) is 14.5 Å². The van der Waals surface area contributed by atoms with E-state index in [1.165, 1.54) is 30.2 Å². The quantitative estimate of drug-likeness (QED) is 0.605. The van der Waals surface area contributed by atoms with Crippen LogP contribution in [-0.2, 0) is 0 Å². The minimum Gasteiger partial charge on any atom is -0.451 e. The molecule has 4 rings (SSSR count). The van der Waals surface area contributed by atoms with Crippen LogP contribution >= 0.6 is 27.3 Å². The average Bonchev–Trinajstić information content (AvgIpc) is 3.23. The number of amides is 1. The first-order valence-electron chi connectivity index (χ1n) is 9.41. The number of likely N-dealkylation sites (tertiary alicyclic amines) is 1. The van der Waals surface area contributed by atoms with Crippen LogP contribution in [0.25, 0.3) is 11.0 Å². The summed E-state index contributed by atoms with van der Waals surface area (Å²) < 4.78 is 6.50. The van der Waals surface area contributed by atoms with Crippen LogP contribution in [0.1, 0.15) is 40.7 Å². The van der Waals surface area contributed by atoms with Crippen LogP contribution in [0, 0.1) is 0 Å². The summed E-state index contributed by atoms with van der Waals surface area (Å²) in [6.07, 6.45) is 3.63. The van der Waals surface area contributed by atoms with Crippen molar-refractivity contribution in [1.82, 2.24) is 10.2 Å². The van der Waals surface area contributed by atoms with Crippen LogP contribution in [0.15, 0.2) is 55.5 Å². The second-order valence-corrected chi connectivity index (χ2v) is 8.85. The van der Waals surface area contributed by atoms with Crippen LogP contribution in [-0.4, -0.2) is 30.4 Å². The van der Waals surface area contributed by atoms with Crippen molar-refractivity contribution in [3.05, 3.63) is 67.1 Å². The molecule has 1 amide bonds. The number of fused-ring (bicyclic) bond motifs is 1. The number of nitrogens with one attached hydrogen (secondary N) is 1. The van der Waals surface area contributed by atoms with Gasteiger partial charge in [0.25, 0.3) is 5.91 Å². The number of hydrogen-bond acceptors (Lipinski definition) is 5. The van der Waals surface area contributed by atoms with E-state index in [2.05, 4.69) is 37.6 Å². The molecule has 0 radical (unpaired) electrons. The molecule has 2 aromatic heterocycles. The molecule has 1 unspecified atom stereocenters. The summed E-state index contributed by atoms with van der Waals surface area (Å²) >= 11 is 5.07. The van der Waals surface area contributed by atoms with E-state index < -0.39 is 0 Å². The smallest absolute Gasteiger partial charge is 0.287 e. The number of rotatable bonds is 5. The van der Waals surface area contributed by atoms with Crippen molar-refractivity contribution in [2.45, 2.75) is 25.3 Å². The van der Waals surface area contributed by atoms with Gasteiger partial charge in [0.1, 0.15) is 5.58 Å². The molecule has 1 N–H and O–H groups in total. The Balaban J connectivity index is 1.53. The van der Waals surface area contributed by atoms with Crippen LogP contribution in [0.5, 0.6) is 0 Å². The number of nitrogens with zero attached hydrogens (tertiary/aromatic N) is 1. The molecular formula is C21H21BrN2O3S. The van der Waals surface area contributed by atoms with Gasteiger partial charge in [0.2, 0.25) is 0 Å². The largest absolute Gasteiger partial charge is 0.451 e. The SMILES string of the molecule is O=C(NCC(c1cccs1)N1CCCCC1)c1cc(=O)c2ccc(Br)cc2o1. The fourth-order valence-electron chi connectivity index (χ4n) is 3.64. The van der Waals surface area contributed by atoms with Crippen molar-refractivity contribution in [3.8, 4) is 0 Å². The highest BCUT2D eigenvalue weighted by molar-refractivity contribution is 9.10. The summed E-state index contributed by atoms with van der Waals surface area (Å²) in [5, 5.41) is 5.50. The summed E-state index contributed by atoms with van der Waals surface area (Å²) in [7, 11) is 0. The van der Waals surface area contributed by atoms with Gasteiger partial charge in [0.15, 0.2) is 11.2 Å². The van der Waals surface area contributed by atoms with E-state index in [1.807, 2.05) is 6.07 Å². The minimum atomic E-state index is -0.363. The molecule has 0 saturated carbocycles. The Kier molecular flexibility index (Phi) is 5.94. The molecule has 1 fully saturated rings. The number of halogens is 1. The summed E-state index contributed by atoms with van der Waals surface area (Å²) in [4.78, 5) is 28.7. The maximum Gasteiger partial charge on any atom is 0.287 e. The van der Waals surface area contributed by atoms with Crippen molar-refractivity contribution in [1.29, 1.82) is 0 Å². The molecule has 5 nitrogen and oxygen atoms in total. The van der Waals surface area contributed by atoms with Crippen molar-refractivity contribution >= 4 is 44.1 Å². The van der Waals surface area contributed by atoms with Crippen LogP contribution in [0.3, 0.4) is 0 Å². The third kappa shape index (κ3) is 4.21. The number of hydrogen-bond donors (Lipinski definition) is 1. The molecule has 1 aromatic carbocycles. The summed E-state index contributed by atoms with van der Waals surface area (Å²) in [6.45, 7) is 2.56. The standard InChI is InChI=1S/C21H21BrN2O3S/c22-14-6-7-15-17(25)12-19(27-18(15)11-14)21(26)23-13-16(20-5-4-10-28-20)24-8-2-1-3-9-24/h4-7,10-12,16H,1-3,8-9,13H2,(H,23,26). The Morgan fingerprint density at radius 3 is 2.79 bits per heavy atom. The van der Waals surface area contributed by atoms with Gasteiger partial charge in [-0.15, -0.1) is 11.3 Å². The summed E-state index contributed by atoms with van der Waals surface area (Å²) in [6, 6.07) is 10.7. The van der Waals surface area contributed by atoms with E-state index in [9.17, 15) is 9.59 Å². The van der Waals surface area contributed by atoms with Gasteiger partial charge in [0, 0.05) is 22.0 Å². The van der Waals surface area contributed by atoms with Gasteiger partial charge in [-0.25, -0.2) is 0 Å². The predicted octanol–water partition coefficient (Wildman–Crippen LogP) is 4.57. The second kappa shape index (κ2) is 8.59. The van der Waals surface area contributed by atoms with E-state index in [1.54, 1.807) is 29.5 Å². The zero-order valence-corrected chi connectivity index (χ0v) is 17.7. The highest BCUT2D eigenvalue weighted by atomic mass is 79.9. The molecular weight excluding hydrogens is 440 g/mol. The molecule has 0 aliphatic carbocycles. The molecule has 28 heavy (non-hydrogen) atoms. The third-order valence-corrected chi connectivity index (χ3v) is 6.54. The summed E-state index contributed by atoms with van der Waals surface area (Å²) in [5.74, 6) is -0.322. The van der Waals surface area contributed by atoms with Crippen molar-refractivity contribution in [2.24, 2.45) is 0 Å². The first-order valence-corrected chi connectivity index (χ1v) is 11.1.